The molecule has 0 radical (unpaired) electrons. The summed E-state index contributed by atoms with van der Waals surface area (Å²) in [5.74, 6) is 0.555. The number of imidazole rings is 1. The van der Waals surface area contributed by atoms with E-state index in [1.807, 2.05) is 6.07 Å². The Kier molecular flexibility index (Phi) is 5.78. The first-order valence-electron chi connectivity index (χ1n) is 8.14. The average molecular weight is 388 g/mol. The first-order valence-corrected chi connectivity index (χ1v) is 8.52. The van der Waals surface area contributed by atoms with Crippen LogP contribution in [-0.2, 0) is 26.4 Å². The molecule has 0 saturated carbocycles. The zero-order chi connectivity index (χ0) is 19.4. The van der Waals surface area contributed by atoms with Crippen molar-refractivity contribution in [1.29, 1.82) is 5.26 Å². The summed E-state index contributed by atoms with van der Waals surface area (Å²) in [7, 11) is 0. The highest BCUT2D eigenvalue weighted by Crippen LogP contribution is 2.38. The fourth-order valence-corrected chi connectivity index (χ4v) is 3.36. The van der Waals surface area contributed by atoms with Crippen LogP contribution >= 0.6 is 11.6 Å². The Hall–Kier alpha value is -2.83. The maximum absolute atomic E-state index is 9.90. The first kappa shape index (κ1) is 18.9. The fraction of sp³-hybridized carbons (Fsp3) is 0.222. The van der Waals surface area contributed by atoms with Crippen molar-refractivity contribution in [3.63, 3.8) is 0 Å². The van der Waals surface area contributed by atoms with E-state index in [2.05, 4.69) is 20.3 Å². The number of nitriles is 1. The molecule has 0 aliphatic carbocycles. The standard InChI is InChI=1S/C18H18ClN5O3/c19-17-14(5-20)24-15(6-23-18-21-3-4-22-18)16(17)11-2-1-10(7-25)12(8-26)13(11)9-27/h1-4,24-27H,6-9H2,(H2,21,22,23). The van der Waals surface area contributed by atoms with Crippen molar-refractivity contribution in [1.82, 2.24) is 15.0 Å². The van der Waals surface area contributed by atoms with Crippen molar-refractivity contribution in [2.24, 2.45) is 0 Å². The summed E-state index contributed by atoms with van der Waals surface area (Å²) in [6.07, 6.45) is 3.29. The van der Waals surface area contributed by atoms with Crippen LogP contribution < -0.4 is 5.32 Å². The summed E-state index contributed by atoms with van der Waals surface area (Å²) >= 11 is 6.42. The molecule has 0 unspecified atom stereocenters. The number of aliphatic hydroxyl groups is 3. The smallest absolute Gasteiger partial charge is 0.200 e. The van der Waals surface area contributed by atoms with Crippen LogP contribution in [0.3, 0.4) is 0 Å². The number of aromatic amines is 2. The zero-order valence-corrected chi connectivity index (χ0v) is 15.0. The van der Waals surface area contributed by atoms with E-state index in [9.17, 15) is 20.6 Å². The molecular weight excluding hydrogens is 370 g/mol. The molecule has 2 heterocycles. The van der Waals surface area contributed by atoms with Crippen LogP contribution in [0.25, 0.3) is 11.1 Å². The minimum absolute atomic E-state index is 0.198. The molecule has 0 atom stereocenters. The predicted octanol–water partition coefficient (Wildman–Crippen LogP) is 2.02. The molecule has 0 aliphatic rings. The Balaban J connectivity index is 2.13. The summed E-state index contributed by atoms with van der Waals surface area (Å²) in [4.78, 5) is 10.00. The molecule has 9 heteroatoms. The quantitative estimate of drug-likeness (QED) is 0.366. The van der Waals surface area contributed by atoms with Crippen molar-refractivity contribution in [2.45, 2.75) is 26.4 Å². The number of nitrogens with one attached hydrogen (secondary N) is 3. The van der Waals surface area contributed by atoms with Gasteiger partial charge in [0.05, 0.1) is 31.4 Å². The average Bonchev–Trinajstić information content (AvgIpc) is 3.32. The highest BCUT2D eigenvalue weighted by atomic mass is 35.5. The van der Waals surface area contributed by atoms with Gasteiger partial charge in [0.2, 0.25) is 0 Å². The third kappa shape index (κ3) is 3.54. The largest absolute Gasteiger partial charge is 0.392 e. The van der Waals surface area contributed by atoms with Crippen LogP contribution in [0.1, 0.15) is 28.1 Å². The molecule has 0 aliphatic heterocycles. The Bertz CT molecular complexity index is 976. The fourth-order valence-electron chi connectivity index (χ4n) is 3.05. The second-order valence-electron chi connectivity index (χ2n) is 5.77. The van der Waals surface area contributed by atoms with Crippen molar-refractivity contribution in [3.8, 4) is 17.2 Å². The highest BCUT2D eigenvalue weighted by Gasteiger charge is 2.22. The summed E-state index contributed by atoms with van der Waals surface area (Å²) in [6, 6.07) is 5.39. The van der Waals surface area contributed by atoms with Crippen LogP contribution in [0.4, 0.5) is 5.95 Å². The van der Waals surface area contributed by atoms with Crippen molar-refractivity contribution < 1.29 is 15.3 Å². The SMILES string of the molecule is N#Cc1[nH]c(CNc2ncc[nH]2)c(-c2ccc(CO)c(CO)c2CO)c1Cl. The van der Waals surface area contributed by atoms with Crippen LogP contribution in [-0.4, -0.2) is 30.3 Å². The molecule has 3 rings (SSSR count). The number of nitrogens with zero attached hydrogens (tertiary/aromatic N) is 2. The van der Waals surface area contributed by atoms with E-state index >= 15 is 0 Å². The number of halogens is 1. The van der Waals surface area contributed by atoms with Crippen molar-refractivity contribution >= 4 is 17.5 Å². The van der Waals surface area contributed by atoms with Crippen LogP contribution in [0.5, 0.6) is 0 Å². The molecule has 27 heavy (non-hydrogen) atoms. The van der Waals surface area contributed by atoms with Crippen molar-refractivity contribution in [3.05, 3.63) is 57.6 Å². The van der Waals surface area contributed by atoms with Crippen LogP contribution in [0.15, 0.2) is 24.5 Å². The van der Waals surface area contributed by atoms with Gasteiger partial charge in [0.25, 0.3) is 0 Å². The van der Waals surface area contributed by atoms with Gasteiger partial charge < -0.3 is 30.6 Å². The maximum Gasteiger partial charge on any atom is 0.200 e. The molecule has 1 aromatic carbocycles. The van der Waals surface area contributed by atoms with Gasteiger partial charge in [0.1, 0.15) is 11.8 Å². The maximum atomic E-state index is 9.90. The molecule has 0 amide bonds. The molecule has 6 N–H and O–H groups in total. The molecular formula is C18H18ClN5O3. The molecule has 0 saturated heterocycles. The number of aliphatic hydroxyl groups excluding tert-OH is 3. The number of anilines is 1. The van der Waals surface area contributed by atoms with Gasteiger partial charge in [-0.2, -0.15) is 5.26 Å². The number of H-pyrrole nitrogens is 2. The lowest BCUT2D eigenvalue weighted by atomic mass is 9.92. The number of hydrogen-bond acceptors (Lipinski definition) is 6. The topological polar surface area (TPSA) is 141 Å². The van der Waals surface area contributed by atoms with Gasteiger partial charge in [0, 0.05) is 23.7 Å². The number of benzene rings is 1. The predicted molar refractivity (Wildman–Crippen MR) is 99.6 cm³/mol. The second-order valence-corrected chi connectivity index (χ2v) is 6.15. The van der Waals surface area contributed by atoms with E-state index in [0.717, 1.165) is 0 Å². The summed E-state index contributed by atoms with van der Waals surface area (Å²) in [6.45, 7) is -0.661. The Morgan fingerprint density at radius 1 is 1.15 bits per heavy atom. The number of aromatic nitrogens is 3. The van der Waals surface area contributed by atoms with Gasteiger partial charge in [-0.3, -0.25) is 0 Å². The summed E-state index contributed by atoms with van der Waals surface area (Å²) in [5.41, 5.74) is 3.37. The van der Waals surface area contributed by atoms with Gasteiger partial charge in [-0.05, 0) is 22.3 Å². The van der Waals surface area contributed by atoms with E-state index in [4.69, 9.17) is 11.6 Å². The molecule has 3 aromatic rings. The van der Waals surface area contributed by atoms with Gasteiger partial charge in [-0.1, -0.05) is 23.7 Å². The van der Waals surface area contributed by atoms with Crippen molar-refractivity contribution in [2.75, 3.05) is 5.32 Å². The molecule has 140 valence electrons. The van der Waals surface area contributed by atoms with E-state index < -0.39 is 0 Å². The lowest BCUT2D eigenvalue weighted by Crippen LogP contribution is -2.06. The third-order valence-corrected chi connectivity index (χ3v) is 4.72. The van der Waals surface area contributed by atoms with E-state index in [1.54, 1.807) is 24.5 Å². The molecule has 0 bridgehead atoms. The van der Waals surface area contributed by atoms with Crippen LogP contribution in [0, 0.1) is 11.3 Å². The molecule has 0 spiro atoms. The summed E-state index contributed by atoms with van der Waals surface area (Å²) in [5, 5.41) is 41.7. The number of hydrogen-bond donors (Lipinski definition) is 6. The lowest BCUT2D eigenvalue weighted by Gasteiger charge is -2.16. The second kappa shape index (κ2) is 8.24. The summed E-state index contributed by atoms with van der Waals surface area (Å²) < 4.78 is 0. The minimum atomic E-state index is -0.354. The van der Waals surface area contributed by atoms with E-state index in [1.165, 1.54) is 0 Å². The van der Waals surface area contributed by atoms with E-state index in [-0.39, 0.29) is 30.5 Å². The lowest BCUT2D eigenvalue weighted by molar-refractivity contribution is 0.248. The minimum Gasteiger partial charge on any atom is -0.392 e. The van der Waals surface area contributed by atoms with Gasteiger partial charge >= 0.3 is 0 Å². The first-order chi connectivity index (χ1) is 13.1. The molecule has 8 nitrogen and oxygen atoms in total. The Morgan fingerprint density at radius 3 is 2.52 bits per heavy atom. The highest BCUT2D eigenvalue weighted by molar-refractivity contribution is 6.34. The van der Waals surface area contributed by atoms with Gasteiger partial charge in [0.15, 0.2) is 5.95 Å². The normalized spacial score (nSPS) is 10.8. The Labute approximate surface area is 160 Å². The molecule has 2 aromatic heterocycles. The monoisotopic (exact) mass is 387 g/mol. The molecule has 0 fully saturated rings. The Morgan fingerprint density at radius 2 is 1.93 bits per heavy atom. The zero-order valence-electron chi connectivity index (χ0n) is 14.3. The van der Waals surface area contributed by atoms with E-state index in [0.29, 0.717) is 46.0 Å². The van der Waals surface area contributed by atoms with Crippen LogP contribution in [0.2, 0.25) is 5.02 Å². The third-order valence-electron chi connectivity index (χ3n) is 4.34. The van der Waals surface area contributed by atoms with Gasteiger partial charge in [-0.25, -0.2) is 4.98 Å². The number of rotatable bonds is 7. The van der Waals surface area contributed by atoms with Gasteiger partial charge in [-0.15, -0.1) is 0 Å².